The molecule has 0 spiro atoms. The molecule has 0 N–H and O–H groups in total. The first-order chi connectivity index (χ1) is 9.69. The van der Waals surface area contributed by atoms with Gasteiger partial charge in [-0.3, -0.25) is 9.59 Å². The van der Waals surface area contributed by atoms with Crippen molar-refractivity contribution < 1.29 is 14.3 Å². The zero-order valence-corrected chi connectivity index (χ0v) is 11.5. The molecule has 0 aliphatic carbocycles. The molecule has 1 aromatic carbocycles. The first-order valence-electron chi connectivity index (χ1n) is 6.84. The van der Waals surface area contributed by atoms with Crippen molar-refractivity contribution in [3.8, 4) is 0 Å². The molecular formula is C15H18N2O3. The number of ether oxygens (including phenoxy) is 1. The van der Waals surface area contributed by atoms with Gasteiger partial charge in [0.1, 0.15) is 12.6 Å². The van der Waals surface area contributed by atoms with E-state index < -0.39 is 0 Å². The molecule has 2 atom stereocenters. The molecule has 0 radical (unpaired) electrons. The number of benzene rings is 1. The number of nitrogens with zero attached hydrogens (tertiary/aromatic N) is 2. The van der Waals surface area contributed by atoms with Gasteiger partial charge in [0.15, 0.2) is 0 Å². The van der Waals surface area contributed by atoms with Crippen LogP contribution in [0.1, 0.15) is 12.0 Å². The van der Waals surface area contributed by atoms with Crippen LogP contribution < -0.4 is 0 Å². The summed E-state index contributed by atoms with van der Waals surface area (Å²) >= 11 is 0. The number of hydrogen-bond donors (Lipinski definition) is 0. The predicted molar refractivity (Wildman–Crippen MR) is 72.8 cm³/mol. The molecule has 2 aliphatic heterocycles. The normalized spacial score (nSPS) is 26.1. The highest BCUT2D eigenvalue weighted by Gasteiger charge is 2.45. The lowest BCUT2D eigenvalue weighted by Gasteiger charge is -2.36. The van der Waals surface area contributed by atoms with E-state index in [0.717, 1.165) is 5.56 Å². The second-order valence-electron chi connectivity index (χ2n) is 5.34. The van der Waals surface area contributed by atoms with Crippen molar-refractivity contribution in [2.75, 3.05) is 20.2 Å². The van der Waals surface area contributed by atoms with Gasteiger partial charge in [0, 0.05) is 26.6 Å². The Morgan fingerprint density at radius 3 is 2.70 bits per heavy atom. The molecule has 5 nitrogen and oxygen atoms in total. The van der Waals surface area contributed by atoms with Gasteiger partial charge in [-0.2, -0.15) is 0 Å². The first-order valence-corrected chi connectivity index (χ1v) is 6.84. The van der Waals surface area contributed by atoms with E-state index in [1.54, 1.807) is 16.9 Å². The number of hydrogen-bond acceptors (Lipinski definition) is 3. The van der Waals surface area contributed by atoms with E-state index in [4.69, 9.17) is 4.74 Å². The fourth-order valence-corrected chi connectivity index (χ4v) is 2.96. The van der Waals surface area contributed by atoms with Gasteiger partial charge in [-0.25, -0.2) is 0 Å². The summed E-state index contributed by atoms with van der Waals surface area (Å²) < 4.78 is 5.29. The fourth-order valence-electron chi connectivity index (χ4n) is 2.96. The van der Waals surface area contributed by atoms with Gasteiger partial charge >= 0.3 is 0 Å². The summed E-state index contributed by atoms with van der Waals surface area (Å²) in [5.41, 5.74) is 1.04. The number of piperazine rings is 1. The maximum absolute atomic E-state index is 12.5. The van der Waals surface area contributed by atoms with Crippen molar-refractivity contribution in [3.05, 3.63) is 35.9 Å². The van der Waals surface area contributed by atoms with Crippen LogP contribution in [0.15, 0.2) is 30.3 Å². The van der Waals surface area contributed by atoms with Gasteiger partial charge in [-0.15, -0.1) is 0 Å². The second-order valence-corrected chi connectivity index (χ2v) is 5.34. The molecular weight excluding hydrogens is 256 g/mol. The molecule has 0 bridgehead atoms. The monoisotopic (exact) mass is 274 g/mol. The van der Waals surface area contributed by atoms with Crippen LogP contribution >= 0.6 is 0 Å². The summed E-state index contributed by atoms with van der Waals surface area (Å²) in [7, 11) is 1.62. The maximum Gasteiger partial charge on any atom is 0.246 e. The van der Waals surface area contributed by atoms with Crippen molar-refractivity contribution in [2.45, 2.75) is 25.1 Å². The number of amides is 2. The fraction of sp³-hybridized carbons (Fsp3) is 0.467. The number of rotatable bonds is 3. The van der Waals surface area contributed by atoms with Crippen LogP contribution in [0, 0.1) is 0 Å². The topological polar surface area (TPSA) is 49.9 Å². The van der Waals surface area contributed by atoms with Gasteiger partial charge in [0.05, 0.1) is 6.10 Å². The highest BCUT2D eigenvalue weighted by Crippen LogP contribution is 2.26. The molecule has 2 amide bonds. The molecule has 0 unspecified atom stereocenters. The summed E-state index contributed by atoms with van der Waals surface area (Å²) in [6.07, 6.45) is 0.580. The van der Waals surface area contributed by atoms with Crippen LogP contribution in [0.5, 0.6) is 0 Å². The summed E-state index contributed by atoms with van der Waals surface area (Å²) in [6.45, 7) is 1.19. The van der Waals surface area contributed by atoms with Crippen LogP contribution in [0.25, 0.3) is 0 Å². The molecule has 0 aromatic heterocycles. The van der Waals surface area contributed by atoms with Crippen molar-refractivity contribution in [1.29, 1.82) is 0 Å². The van der Waals surface area contributed by atoms with E-state index >= 15 is 0 Å². The predicted octanol–water partition coefficient (Wildman–Crippen LogP) is 0.645. The van der Waals surface area contributed by atoms with E-state index in [9.17, 15) is 9.59 Å². The Bertz CT molecular complexity index is 517. The number of methoxy groups -OCH3 is 1. The molecule has 0 saturated carbocycles. The van der Waals surface area contributed by atoms with Gasteiger partial charge in [0.2, 0.25) is 11.8 Å². The van der Waals surface area contributed by atoms with Crippen molar-refractivity contribution >= 4 is 11.8 Å². The Labute approximate surface area is 118 Å². The molecule has 2 saturated heterocycles. The van der Waals surface area contributed by atoms with E-state index in [1.807, 2.05) is 30.3 Å². The summed E-state index contributed by atoms with van der Waals surface area (Å²) in [5.74, 6) is 0.0538. The molecule has 1 aromatic rings. The van der Waals surface area contributed by atoms with Gasteiger partial charge in [-0.1, -0.05) is 30.3 Å². The molecule has 2 fully saturated rings. The Hall–Kier alpha value is -1.88. The third kappa shape index (κ3) is 2.29. The lowest BCUT2D eigenvalue weighted by Crippen LogP contribution is -2.56. The lowest BCUT2D eigenvalue weighted by molar-refractivity contribution is -0.154. The van der Waals surface area contributed by atoms with Gasteiger partial charge < -0.3 is 14.5 Å². The lowest BCUT2D eigenvalue weighted by atomic mass is 10.1. The molecule has 106 valence electrons. The SMILES string of the molecule is CO[C@H]1C[C@@H]2C(=O)N(Cc3ccccc3)CC(=O)N2C1. The molecule has 2 heterocycles. The average molecular weight is 274 g/mol. The van der Waals surface area contributed by atoms with E-state index in [0.29, 0.717) is 19.5 Å². The van der Waals surface area contributed by atoms with E-state index in [-0.39, 0.29) is 30.5 Å². The van der Waals surface area contributed by atoms with Crippen LogP contribution in [-0.4, -0.2) is 54.0 Å². The van der Waals surface area contributed by atoms with Crippen LogP contribution in [0.4, 0.5) is 0 Å². The van der Waals surface area contributed by atoms with E-state index in [1.165, 1.54) is 0 Å². The molecule has 3 rings (SSSR count). The largest absolute Gasteiger partial charge is 0.380 e. The second kappa shape index (κ2) is 5.25. The quantitative estimate of drug-likeness (QED) is 0.813. The Balaban J connectivity index is 1.75. The third-order valence-corrected chi connectivity index (χ3v) is 4.06. The van der Waals surface area contributed by atoms with E-state index in [2.05, 4.69) is 0 Å². The Morgan fingerprint density at radius 2 is 2.00 bits per heavy atom. The number of carbonyl (C=O) groups is 2. The first kappa shape index (κ1) is 13.1. The Morgan fingerprint density at radius 1 is 1.25 bits per heavy atom. The van der Waals surface area contributed by atoms with Gasteiger partial charge in [-0.05, 0) is 5.56 Å². The average Bonchev–Trinajstić information content (AvgIpc) is 2.91. The minimum absolute atomic E-state index is 0.0186. The Kier molecular flexibility index (Phi) is 3.44. The van der Waals surface area contributed by atoms with Crippen LogP contribution in [0.2, 0.25) is 0 Å². The number of carbonyl (C=O) groups excluding carboxylic acids is 2. The highest BCUT2D eigenvalue weighted by atomic mass is 16.5. The minimum atomic E-state index is -0.343. The molecule has 20 heavy (non-hydrogen) atoms. The summed E-state index contributed by atoms with van der Waals surface area (Å²) in [5, 5.41) is 0. The van der Waals surface area contributed by atoms with Crippen molar-refractivity contribution in [2.24, 2.45) is 0 Å². The minimum Gasteiger partial charge on any atom is -0.380 e. The molecule has 2 aliphatic rings. The van der Waals surface area contributed by atoms with Crippen molar-refractivity contribution in [3.63, 3.8) is 0 Å². The smallest absolute Gasteiger partial charge is 0.246 e. The van der Waals surface area contributed by atoms with Crippen LogP contribution in [-0.2, 0) is 20.9 Å². The number of fused-ring (bicyclic) bond motifs is 1. The zero-order valence-electron chi connectivity index (χ0n) is 11.5. The zero-order chi connectivity index (χ0) is 14.1. The maximum atomic E-state index is 12.5. The summed E-state index contributed by atoms with van der Waals surface area (Å²) in [4.78, 5) is 28.0. The van der Waals surface area contributed by atoms with Crippen molar-refractivity contribution in [1.82, 2.24) is 9.80 Å². The third-order valence-electron chi connectivity index (χ3n) is 4.06. The summed E-state index contributed by atoms with van der Waals surface area (Å²) in [6, 6.07) is 9.41. The standard InChI is InChI=1S/C15H18N2O3/c1-20-12-7-13-15(19)16(10-14(18)17(13)9-12)8-11-5-3-2-4-6-11/h2-6,12-13H,7-10H2,1H3/t12-,13+/m0/s1. The molecule has 5 heteroatoms. The van der Waals surface area contributed by atoms with Gasteiger partial charge in [0.25, 0.3) is 0 Å². The highest BCUT2D eigenvalue weighted by molar-refractivity contribution is 5.95. The van der Waals surface area contributed by atoms with Crippen LogP contribution in [0.3, 0.4) is 0 Å².